The Morgan fingerprint density at radius 1 is 1.73 bits per heavy atom. The van der Waals surface area contributed by atoms with Crippen molar-refractivity contribution in [1.29, 1.82) is 5.26 Å². The topological polar surface area (TPSA) is 36.3 Å². The van der Waals surface area contributed by atoms with Gasteiger partial charge >= 0.3 is 0 Å². The fourth-order valence-electron chi connectivity index (χ4n) is 1.18. The van der Waals surface area contributed by atoms with Crippen LogP contribution in [-0.2, 0) is 4.74 Å². The highest BCUT2D eigenvalue weighted by molar-refractivity contribution is 4.90. The van der Waals surface area contributed by atoms with Gasteiger partial charge in [0.1, 0.15) is 6.23 Å². The molecule has 0 aromatic rings. The van der Waals surface area contributed by atoms with Gasteiger partial charge in [0, 0.05) is 5.54 Å². The lowest BCUT2D eigenvalue weighted by atomic mass is 10.1. The first-order valence-electron chi connectivity index (χ1n) is 3.79. The summed E-state index contributed by atoms with van der Waals surface area (Å²) in [7, 11) is 2.00. The van der Waals surface area contributed by atoms with Crippen molar-refractivity contribution in [2.75, 3.05) is 13.7 Å². The van der Waals surface area contributed by atoms with Crippen molar-refractivity contribution in [2.24, 2.45) is 0 Å². The van der Waals surface area contributed by atoms with Crippen LogP contribution in [0.15, 0.2) is 0 Å². The summed E-state index contributed by atoms with van der Waals surface area (Å²) < 4.78 is 5.42. The zero-order valence-electron chi connectivity index (χ0n) is 7.29. The van der Waals surface area contributed by atoms with Crippen molar-refractivity contribution in [3.05, 3.63) is 0 Å². The standard InChI is InChI=1S/C8H14N2O/c1-8(2)6-11-7(4-5-9)10(8)3/h7H,4,6H2,1-3H3. The third-order valence-electron chi connectivity index (χ3n) is 2.28. The number of hydrogen-bond donors (Lipinski definition) is 0. The molecule has 1 rings (SSSR count). The summed E-state index contributed by atoms with van der Waals surface area (Å²) >= 11 is 0. The number of nitriles is 1. The van der Waals surface area contributed by atoms with E-state index in [1.54, 1.807) is 0 Å². The van der Waals surface area contributed by atoms with Crippen LogP contribution in [0, 0.1) is 11.3 Å². The van der Waals surface area contributed by atoms with Crippen LogP contribution < -0.4 is 0 Å². The molecule has 1 atom stereocenters. The first kappa shape index (κ1) is 8.51. The smallest absolute Gasteiger partial charge is 0.124 e. The first-order valence-corrected chi connectivity index (χ1v) is 3.79. The van der Waals surface area contributed by atoms with Gasteiger partial charge < -0.3 is 4.74 Å². The Labute approximate surface area is 67.6 Å². The Morgan fingerprint density at radius 3 is 2.73 bits per heavy atom. The van der Waals surface area contributed by atoms with E-state index >= 15 is 0 Å². The number of rotatable bonds is 1. The summed E-state index contributed by atoms with van der Waals surface area (Å²) in [6.07, 6.45) is 0.454. The van der Waals surface area contributed by atoms with Gasteiger partial charge in [0.2, 0.25) is 0 Å². The molecular formula is C8H14N2O. The van der Waals surface area contributed by atoms with Crippen LogP contribution in [0.25, 0.3) is 0 Å². The number of nitrogens with zero attached hydrogens (tertiary/aromatic N) is 2. The molecule has 11 heavy (non-hydrogen) atoms. The summed E-state index contributed by atoms with van der Waals surface area (Å²) in [4.78, 5) is 2.11. The Hall–Kier alpha value is -0.590. The molecule has 3 heteroatoms. The maximum Gasteiger partial charge on any atom is 0.124 e. The highest BCUT2D eigenvalue weighted by atomic mass is 16.5. The summed E-state index contributed by atoms with van der Waals surface area (Å²) in [5.41, 5.74) is 0.0848. The van der Waals surface area contributed by atoms with Crippen LogP contribution in [0.4, 0.5) is 0 Å². The fraction of sp³-hybridized carbons (Fsp3) is 0.875. The molecule has 1 fully saturated rings. The largest absolute Gasteiger partial charge is 0.360 e. The highest BCUT2D eigenvalue weighted by Crippen LogP contribution is 2.25. The van der Waals surface area contributed by atoms with Gasteiger partial charge in [0.25, 0.3) is 0 Å². The SMILES string of the molecule is CN1C(CC#N)OCC1(C)C. The molecular weight excluding hydrogens is 140 g/mol. The van der Waals surface area contributed by atoms with Crippen molar-refractivity contribution in [1.82, 2.24) is 4.90 Å². The molecule has 0 bridgehead atoms. The molecule has 1 unspecified atom stereocenters. The first-order chi connectivity index (χ1) is 5.08. The predicted octanol–water partition coefficient (Wildman–Crippen LogP) is 0.967. The molecule has 0 saturated carbocycles. The van der Waals surface area contributed by atoms with Crippen LogP contribution in [-0.4, -0.2) is 30.3 Å². The van der Waals surface area contributed by atoms with Crippen molar-refractivity contribution in [2.45, 2.75) is 32.0 Å². The van der Waals surface area contributed by atoms with Gasteiger partial charge in [-0.15, -0.1) is 0 Å². The Morgan fingerprint density at radius 2 is 2.36 bits per heavy atom. The van der Waals surface area contributed by atoms with E-state index in [-0.39, 0.29) is 11.8 Å². The lowest BCUT2D eigenvalue weighted by molar-refractivity contribution is 0.0452. The second-order valence-corrected chi connectivity index (χ2v) is 3.55. The fourth-order valence-corrected chi connectivity index (χ4v) is 1.18. The zero-order valence-corrected chi connectivity index (χ0v) is 7.29. The Bertz CT molecular complexity index is 183. The molecule has 3 nitrogen and oxygen atoms in total. The minimum absolute atomic E-state index is 0.00463. The van der Waals surface area contributed by atoms with Crippen LogP contribution in [0.2, 0.25) is 0 Å². The third kappa shape index (κ3) is 1.52. The van der Waals surface area contributed by atoms with Gasteiger partial charge in [0.15, 0.2) is 0 Å². The average Bonchev–Trinajstić information content (AvgIpc) is 2.17. The number of ether oxygens (including phenoxy) is 1. The molecule has 0 spiro atoms. The van der Waals surface area contributed by atoms with Crippen LogP contribution in [0.5, 0.6) is 0 Å². The summed E-state index contributed by atoms with van der Waals surface area (Å²) in [5.74, 6) is 0. The van der Waals surface area contributed by atoms with E-state index < -0.39 is 0 Å². The second-order valence-electron chi connectivity index (χ2n) is 3.55. The molecule has 1 aliphatic heterocycles. The highest BCUT2D eigenvalue weighted by Gasteiger charge is 2.37. The van der Waals surface area contributed by atoms with Crippen molar-refractivity contribution in [3.8, 4) is 6.07 Å². The van der Waals surface area contributed by atoms with Gasteiger partial charge in [-0.3, -0.25) is 4.90 Å². The van der Waals surface area contributed by atoms with Crippen LogP contribution in [0.1, 0.15) is 20.3 Å². The number of likely N-dealkylation sites (N-methyl/N-ethyl adjacent to an activating group) is 1. The van der Waals surface area contributed by atoms with Gasteiger partial charge in [-0.2, -0.15) is 5.26 Å². The molecule has 0 aromatic carbocycles. The van der Waals surface area contributed by atoms with E-state index in [1.807, 2.05) is 7.05 Å². The Balaban J connectivity index is 2.57. The zero-order chi connectivity index (χ0) is 8.48. The monoisotopic (exact) mass is 154 g/mol. The molecule has 0 aromatic heterocycles. The van der Waals surface area contributed by atoms with Crippen molar-refractivity contribution in [3.63, 3.8) is 0 Å². The van der Waals surface area contributed by atoms with E-state index in [2.05, 4.69) is 24.8 Å². The molecule has 0 amide bonds. The maximum absolute atomic E-state index is 8.46. The summed E-state index contributed by atoms with van der Waals surface area (Å²) in [6, 6.07) is 2.11. The predicted molar refractivity (Wildman–Crippen MR) is 41.8 cm³/mol. The van der Waals surface area contributed by atoms with Gasteiger partial charge in [-0.05, 0) is 20.9 Å². The summed E-state index contributed by atoms with van der Waals surface area (Å²) in [6.45, 7) is 4.95. The van der Waals surface area contributed by atoms with E-state index in [1.165, 1.54) is 0 Å². The summed E-state index contributed by atoms with van der Waals surface area (Å²) in [5, 5.41) is 8.46. The molecule has 1 saturated heterocycles. The van der Waals surface area contributed by atoms with Gasteiger partial charge in [0.05, 0.1) is 19.1 Å². The van der Waals surface area contributed by atoms with Crippen molar-refractivity contribution >= 4 is 0 Å². The minimum Gasteiger partial charge on any atom is -0.360 e. The van der Waals surface area contributed by atoms with E-state index in [0.717, 1.165) is 6.61 Å². The van der Waals surface area contributed by atoms with Gasteiger partial charge in [-0.1, -0.05) is 0 Å². The molecule has 62 valence electrons. The van der Waals surface area contributed by atoms with E-state index in [0.29, 0.717) is 6.42 Å². The Kier molecular flexibility index (Phi) is 2.17. The number of hydrogen-bond acceptors (Lipinski definition) is 3. The lowest BCUT2D eigenvalue weighted by Gasteiger charge is -2.27. The van der Waals surface area contributed by atoms with E-state index in [9.17, 15) is 0 Å². The molecule has 0 radical (unpaired) electrons. The average molecular weight is 154 g/mol. The normalized spacial score (nSPS) is 30.2. The third-order valence-corrected chi connectivity index (χ3v) is 2.28. The second kappa shape index (κ2) is 2.80. The molecule has 0 N–H and O–H groups in total. The quantitative estimate of drug-likeness (QED) is 0.564. The maximum atomic E-state index is 8.46. The minimum atomic E-state index is -0.00463. The van der Waals surface area contributed by atoms with Crippen molar-refractivity contribution < 1.29 is 4.74 Å². The lowest BCUT2D eigenvalue weighted by Crippen LogP contribution is -2.40. The molecule has 0 aliphatic carbocycles. The molecule has 1 aliphatic rings. The van der Waals surface area contributed by atoms with E-state index in [4.69, 9.17) is 10.00 Å². The van der Waals surface area contributed by atoms with Crippen LogP contribution >= 0.6 is 0 Å². The molecule has 1 heterocycles. The van der Waals surface area contributed by atoms with Gasteiger partial charge in [-0.25, -0.2) is 0 Å². The van der Waals surface area contributed by atoms with Crippen LogP contribution in [0.3, 0.4) is 0 Å².